The van der Waals surface area contributed by atoms with E-state index in [0.717, 1.165) is 19.6 Å². The maximum atomic E-state index is 2.71. The zero-order chi connectivity index (χ0) is 7.28. The summed E-state index contributed by atoms with van der Waals surface area (Å²) in [5, 5.41) is 0. The van der Waals surface area contributed by atoms with E-state index >= 15 is 0 Å². The molecule has 0 aliphatic heterocycles. The van der Waals surface area contributed by atoms with Gasteiger partial charge in [0.15, 0.2) is 0 Å². The Hall–Kier alpha value is 0.350. The number of hydrogen-bond donors (Lipinski definition) is 0. The molecule has 0 aliphatic carbocycles. The van der Waals surface area contributed by atoms with Crippen molar-refractivity contribution < 1.29 is 0 Å². The van der Waals surface area contributed by atoms with Gasteiger partial charge in [-0.15, -0.1) is 0 Å². The quantitative estimate of drug-likeness (QED) is 0.540. The van der Waals surface area contributed by atoms with Crippen LogP contribution in [-0.4, -0.2) is 43.3 Å². The number of likely N-dealkylation sites (N-methyl/N-ethyl adjacent to an activating group) is 2. The molecule has 9 heavy (non-hydrogen) atoms. The molecule has 0 fully saturated rings. The Morgan fingerprint density at radius 2 is 1.78 bits per heavy atom. The summed E-state index contributed by atoms with van der Waals surface area (Å²) in [6.45, 7) is 5.53. The standard InChI is InChI=1S/C6H17N2P/c1-4-8(9)6-5-7(2)3/h4-6,9H2,1-3H3. The molecule has 3 heteroatoms. The van der Waals surface area contributed by atoms with Gasteiger partial charge in [-0.1, -0.05) is 16.3 Å². The Kier molecular flexibility index (Phi) is 5.36. The largest absolute Gasteiger partial charge is 0.308 e. The summed E-state index contributed by atoms with van der Waals surface area (Å²) < 4.78 is 2.22. The van der Waals surface area contributed by atoms with E-state index in [4.69, 9.17) is 0 Å². The first-order valence-corrected chi connectivity index (χ1v) is 3.82. The molecule has 56 valence electrons. The van der Waals surface area contributed by atoms with Crippen molar-refractivity contribution in [2.75, 3.05) is 33.7 Å². The number of hydrogen-bond acceptors (Lipinski definition) is 2. The third-order valence-corrected chi connectivity index (χ3v) is 1.86. The van der Waals surface area contributed by atoms with Gasteiger partial charge in [-0.3, -0.25) is 4.67 Å². The van der Waals surface area contributed by atoms with Gasteiger partial charge in [0, 0.05) is 13.1 Å². The average Bonchev–Trinajstić information content (AvgIpc) is 1.83. The average molecular weight is 148 g/mol. The second-order valence-corrected chi connectivity index (χ2v) is 3.16. The van der Waals surface area contributed by atoms with E-state index in [0.29, 0.717) is 0 Å². The van der Waals surface area contributed by atoms with E-state index in [2.05, 4.69) is 40.0 Å². The van der Waals surface area contributed by atoms with Crippen LogP contribution in [0.1, 0.15) is 6.92 Å². The fourth-order valence-corrected chi connectivity index (χ4v) is 0.602. The molecule has 0 aliphatic rings. The van der Waals surface area contributed by atoms with Gasteiger partial charge in [0.2, 0.25) is 0 Å². The zero-order valence-electron chi connectivity index (χ0n) is 6.59. The van der Waals surface area contributed by atoms with Crippen LogP contribution < -0.4 is 0 Å². The lowest BCUT2D eigenvalue weighted by atomic mass is 10.5. The van der Waals surface area contributed by atoms with E-state index in [1.807, 2.05) is 0 Å². The van der Waals surface area contributed by atoms with Crippen molar-refractivity contribution in [2.24, 2.45) is 0 Å². The molecule has 0 amide bonds. The summed E-state index contributed by atoms with van der Waals surface area (Å²) in [5.74, 6) is 0. The summed E-state index contributed by atoms with van der Waals surface area (Å²) in [6, 6.07) is 0. The highest BCUT2D eigenvalue weighted by molar-refractivity contribution is 7.13. The topological polar surface area (TPSA) is 6.48 Å². The molecule has 0 heterocycles. The van der Waals surface area contributed by atoms with Crippen molar-refractivity contribution in [1.82, 2.24) is 9.57 Å². The Balaban J connectivity index is 3.06. The summed E-state index contributed by atoms with van der Waals surface area (Å²) in [6.07, 6.45) is 0. The molecule has 0 spiro atoms. The minimum atomic E-state index is 1.11. The highest BCUT2D eigenvalue weighted by Crippen LogP contribution is 1.94. The molecule has 0 aromatic heterocycles. The highest BCUT2D eigenvalue weighted by Gasteiger charge is 1.93. The molecule has 0 rings (SSSR count). The maximum Gasteiger partial charge on any atom is 0.0144 e. The molecular weight excluding hydrogens is 131 g/mol. The van der Waals surface area contributed by atoms with Gasteiger partial charge in [-0.25, -0.2) is 0 Å². The first kappa shape index (κ1) is 9.35. The van der Waals surface area contributed by atoms with Gasteiger partial charge in [-0.2, -0.15) is 0 Å². The van der Waals surface area contributed by atoms with E-state index in [-0.39, 0.29) is 0 Å². The van der Waals surface area contributed by atoms with E-state index in [1.165, 1.54) is 0 Å². The van der Waals surface area contributed by atoms with Crippen molar-refractivity contribution in [2.45, 2.75) is 6.92 Å². The third kappa shape index (κ3) is 6.23. The van der Waals surface area contributed by atoms with Crippen LogP contribution in [0.4, 0.5) is 0 Å². The molecule has 2 nitrogen and oxygen atoms in total. The molecule has 0 saturated heterocycles. The predicted molar refractivity (Wildman–Crippen MR) is 45.5 cm³/mol. The van der Waals surface area contributed by atoms with Gasteiger partial charge < -0.3 is 4.90 Å². The van der Waals surface area contributed by atoms with Crippen LogP contribution in [0.3, 0.4) is 0 Å². The van der Waals surface area contributed by atoms with Crippen LogP contribution in [0.2, 0.25) is 0 Å². The van der Waals surface area contributed by atoms with E-state index in [1.54, 1.807) is 0 Å². The molecule has 0 bridgehead atoms. The lowest BCUT2D eigenvalue weighted by molar-refractivity contribution is 0.357. The zero-order valence-corrected chi connectivity index (χ0v) is 7.75. The fourth-order valence-electron chi connectivity index (χ4n) is 0.487. The van der Waals surface area contributed by atoms with Crippen molar-refractivity contribution >= 4 is 9.39 Å². The summed E-state index contributed by atoms with van der Waals surface area (Å²) >= 11 is 0. The lowest BCUT2D eigenvalue weighted by Gasteiger charge is -2.16. The third-order valence-electron chi connectivity index (χ3n) is 1.24. The molecular formula is C6H17N2P. The lowest BCUT2D eigenvalue weighted by Crippen LogP contribution is -2.24. The smallest absolute Gasteiger partial charge is 0.0144 e. The molecule has 0 aromatic rings. The monoisotopic (exact) mass is 148 g/mol. The van der Waals surface area contributed by atoms with Gasteiger partial charge in [-0.05, 0) is 20.6 Å². The van der Waals surface area contributed by atoms with Crippen LogP contribution >= 0.6 is 9.39 Å². The van der Waals surface area contributed by atoms with Gasteiger partial charge >= 0.3 is 0 Å². The van der Waals surface area contributed by atoms with Gasteiger partial charge in [0.25, 0.3) is 0 Å². The van der Waals surface area contributed by atoms with Crippen molar-refractivity contribution in [3.63, 3.8) is 0 Å². The fraction of sp³-hybridized carbons (Fsp3) is 1.00. The molecule has 0 N–H and O–H groups in total. The minimum Gasteiger partial charge on any atom is -0.308 e. The van der Waals surface area contributed by atoms with Crippen LogP contribution in [0.15, 0.2) is 0 Å². The molecule has 0 saturated carbocycles. The van der Waals surface area contributed by atoms with Crippen molar-refractivity contribution in [3.05, 3.63) is 0 Å². The second kappa shape index (κ2) is 5.16. The molecule has 0 radical (unpaired) electrons. The second-order valence-electron chi connectivity index (χ2n) is 2.43. The Morgan fingerprint density at radius 1 is 1.22 bits per heavy atom. The summed E-state index contributed by atoms with van der Waals surface area (Å²) in [5.41, 5.74) is 0. The Labute approximate surface area is 60.5 Å². The minimum absolute atomic E-state index is 1.11. The first-order valence-electron chi connectivity index (χ1n) is 3.31. The van der Waals surface area contributed by atoms with Crippen LogP contribution in [0.5, 0.6) is 0 Å². The SMILES string of the molecule is CCN(P)CCN(C)C. The first-order chi connectivity index (χ1) is 4.16. The normalized spacial score (nSPS) is 11.3. The number of nitrogens with zero attached hydrogens (tertiary/aromatic N) is 2. The van der Waals surface area contributed by atoms with E-state index in [9.17, 15) is 0 Å². The van der Waals surface area contributed by atoms with E-state index < -0.39 is 0 Å². The van der Waals surface area contributed by atoms with Crippen molar-refractivity contribution in [1.29, 1.82) is 0 Å². The molecule has 1 atom stereocenters. The predicted octanol–water partition coefficient (Wildman–Crippen LogP) is 0.660. The van der Waals surface area contributed by atoms with Crippen LogP contribution in [0, 0.1) is 0 Å². The van der Waals surface area contributed by atoms with Crippen molar-refractivity contribution in [3.8, 4) is 0 Å². The van der Waals surface area contributed by atoms with Gasteiger partial charge in [0.05, 0.1) is 0 Å². The molecule has 0 aromatic carbocycles. The maximum absolute atomic E-state index is 2.71. The Morgan fingerprint density at radius 3 is 2.11 bits per heavy atom. The Bertz CT molecular complexity index is 66.1. The summed E-state index contributed by atoms with van der Waals surface area (Å²) in [4.78, 5) is 2.19. The molecule has 1 unspecified atom stereocenters. The number of rotatable bonds is 4. The summed E-state index contributed by atoms with van der Waals surface area (Å²) in [7, 11) is 6.89. The highest BCUT2D eigenvalue weighted by atomic mass is 31.0. The van der Waals surface area contributed by atoms with Crippen LogP contribution in [-0.2, 0) is 0 Å². The van der Waals surface area contributed by atoms with Gasteiger partial charge in [0.1, 0.15) is 0 Å². The van der Waals surface area contributed by atoms with Crippen LogP contribution in [0.25, 0.3) is 0 Å².